The molecule has 1 aliphatic rings. The summed E-state index contributed by atoms with van der Waals surface area (Å²) in [6, 6.07) is 18.3. The second-order valence-corrected chi connectivity index (χ2v) is 6.74. The topological polar surface area (TPSA) is 82.4 Å². The van der Waals surface area contributed by atoms with Gasteiger partial charge in [-0.1, -0.05) is 18.2 Å². The zero-order valence-electron chi connectivity index (χ0n) is 15.6. The van der Waals surface area contributed by atoms with Crippen molar-refractivity contribution in [2.24, 2.45) is 5.92 Å². The average molecular weight is 377 g/mol. The largest absolute Gasteiger partial charge is 0.493 e. The van der Waals surface area contributed by atoms with Gasteiger partial charge in [0.15, 0.2) is 0 Å². The zero-order valence-corrected chi connectivity index (χ0v) is 15.6. The molecule has 1 heterocycles. The number of carbonyl (C=O) groups excluding carboxylic acids is 2. The summed E-state index contributed by atoms with van der Waals surface area (Å²) in [5.74, 6) is 0.667. The van der Waals surface area contributed by atoms with Crippen LogP contribution in [0.2, 0.25) is 0 Å². The number of hydrogen-bond acceptors (Lipinski definition) is 4. The first-order chi connectivity index (χ1) is 13.7. The summed E-state index contributed by atoms with van der Waals surface area (Å²) in [5, 5.41) is 11.7. The van der Waals surface area contributed by atoms with Gasteiger partial charge in [0.25, 0.3) is 0 Å². The summed E-state index contributed by atoms with van der Waals surface area (Å²) in [6.07, 6.45) is 1.62. The number of likely N-dealkylation sites (tertiary alicyclic amines) is 1. The maximum absolute atomic E-state index is 12.4. The smallest absolute Gasteiger partial charge is 0.227 e. The number of piperidine rings is 1. The van der Waals surface area contributed by atoms with Crippen LogP contribution in [0.25, 0.3) is 0 Å². The minimum Gasteiger partial charge on any atom is -0.493 e. The number of rotatable bonds is 6. The van der Waals surface area contributed by atoms with Gasteiger partial charge in [0, 0.05) is 24.7 Å². The van der Waals surface area contributed by atoms with Gasteiger partial charge in [-0.25, -0.2) is 0 Å². The first-order valence-corrected chi connectivity index (χ1v) is 9.42. The molecule has 0 aromatic heterocycles. The normalized spacial score (nSPS) is 14.2. The lowest BCUT2D eigenvalue weighted by Gasteiger charge is -2.31. The molecule has 2 aromatic rings. The standard InChI is InChI=1S/C22H23N3O3/c23-16-17-6-8-19(9-7-17)24-22(27)18-10-13-25(14-11-18)21(26)12-15-28-20-4-2-1-3-5-20/h1-9,18H,10-15H2,(H,24,27). The van der Waals surface area contributed by atoms with Crippen molar-refractivity contribution in [3.63, 3.8) is 0 Å². The molecular weight excluding hydrogens is 354 g/mol. The molecule has 144 valence electrons. The first-order valence-electron chi connectivity index (χ1n) is 9.42. The Balaban J connectivity index is 1.40. The van der Waals surface area contributed by atoms with Crippen LogP contribution in [0.3, 0.4) is 0 Å². The third-order valence-electron chi connectivity index (χ3n) is 4.83. The predicted molar refractivity (Wildman–Crippen MR) is 106 cm³/mol. The molecule has 1 fully saturated rings. The van der Waals surface area contributed by atoms with Crippen molar-refractivity contribution < 1.29 is 14.3 Å². The van der Waals surface area contributed by atoms with E-state index in [-0.39, 0.29) is 17.7 Å². The minimum atomic E-state index is -0.111. The van der Waals surface area contributed by atoms with Crippen LogP contribution in [0.5, 0.6) is 5.75 Å². The maximum Gasteiger partial charge on any atom is 0.227 e. The molecule has 0 unspecified atom stereocenters. The fourth-order valence-electron chi connectivity index (χ4n) is 3.19. The highest BCUT2D eigenvalue weighted by Gasteiger charge is 2.27. The molecule has 1 saturated heterocycles. The van der Waals surface area contributed by atoms with E-state index in [1.54, 1.807) is 29.2 Å². The Hall–Kier alpha value is -3.33. The van der Waals surface area contributed by atoms with Crippen molar-refractivity contribution in [2.75, 3.05) is 25.0 Å². The van der Waals surface area contributed by atoms with Gasteiger partial charge in [0.1, 0.15) is 5.75 Å². The van der Waals surface area contributed by atoms with Crippen molar-refractivity contribution in [2.45, 2.75) is 19.3 Å². The summed E-state index contributed by atoms with van der Waals surface area (Å²) in [4.78, 5) is 26.6. The van der Waals surface area contributed by atoms with Gasteiger partial charge in [-0.3, -0.25) is 9.59 Å². The number of para-hydroxylation sites is 1. The lowest BCUT2D eigenvalue weighted by molar-refractivity contribution is -0.135. The van der Waals surface area contributed by atoms with E-state index in [4.69, 9.17) is 10.00 Å². The highest BCUT2D eigenvalue weighted by Crippen LogP contribution is 2.20. The molecule has 28 heavy (non-hydrogen) atoms. The van der Waals surface area contributed by atoms with Gasteiger partial charge in [-0.2, -0.15) is 5.26 Å². The number of carbonyl (C=O) groups is 2. The fraction of sp³-hybridized carbons (Fsp3) is 0.318. The Morgan fingerprint density at radius 3 is 2.39 bits per heavy atom. The van der Waals surface area contributed by atoms with E-state index in [9.17, 15) is 9.59 Å². The van der Waals surface area contributed by atoms with Crippen molar-refractivity contribution in [3.8, 4) is 11.8 Å². The molecule has 0 radical (unpaired) electrons. The highest BCUT2D eigenvalue weighted by atomic mass is 16.5. The monoisotopic (exact) mass is 377 g/mol. The van der Waals surface area contributed by atoms with Gasteiger partial charge >= 0.3 is 0 Å². The number of amides is 2. The first kappa shape index (κ1) is 19.4. The van der Waals surface area contributed by atoms with E-state index in [0.29, 0.717) is 50.2 Å². The quantitative estimate of drug-likeness (QED) is 0.838. The highest BCUT2D eigenvalue weighted by molar-refractivity contribution is 5.92. The SMILES string of the molecule is N#Cc1ccc(NC(=O)C2CCN(C(=O)CCOc3ccccc3)CC2)cc1. The maximum atomic E-state index is 12.4. The number of nitriles is 1. The van der Waals surface area contributed by atoms with Gasteiger partial charge in [-0.15, -0.1) is 0 Å². The van der Waals surface area contributed by atoms with Crippen molar-refractivity contribution in [3.05, 3.63) is 60.2 Å². The third kappa shape index (κ3) is 5.34. The summed E-state index contributed by atoms with van der Waals surface area (Å²) in [5.41, 5.74) is 1.24. The lowest BCUT2D eigenvalue weighted by Crippen LogP contribution is -2.41. The van der Waals surface area contributed by atoms with Crippen LogP contribution in [-0.2, 0) is 9.59 Å². The van der Waals surface area contributed by atoms with Crippen LogP contribution < -0.4 is 10.1 Å². The molecule has 2 amide bonds. The summed E-state index contributed by atoms with van der Waals surface area (Å²) in [6.45, 7) is 1.51. The second-order valence-electron chi connectivity index (χ2n) is 6.74. The second kappa shape index (κ2) is 9.56. The van der Waals surface area contributed by atoms with Crippen molar-refractivity contribution in [1.29, 1.82) is 5.26 Å². The van der Waals surface area contributed by atoms with E-state index < -0.39 is 0 Å². The Morgan fingerprint density at radius 2 is 1.75 bits per heavy atom. The number of hydrogen-bond donors (Lipinski definition) is 1. The summed E-state index contributed by atoms with van der Waals surface area (Å²) in [7, 11) is 0. The van der Waals surface area contributed by atoms with Gasteiger partial charge in [-0.05, 0) is 49.2 Å². The summed E-state index contributed by atoms with van der Waals surface area (Å²) >= 11 is 0. The molecule has 1 aliphatic heterocycles. The van der Waals surface area contributed by atoms with Crippen LogP contribution in [0, 0.1) is 17.2 Å². The molecule has 2 aromatic carbocycles. The van der Waals surface area contributed by atoms with Crippen LogP contribution in [-0.4, -0.2) is 36.4 Å². The molecule has 0 atom stereocenters. The molecule has 0 saturated carbocycles. The average Bonchev–Trinajstić information content (AvgIpc) is 2.75. The number of benzene rings is 2. The molecule has 3 rings (SSSR count). The van der Waals surface area contributed by atoms with Crippen LogP contribution in [0.15, 0.2) is 54.6 Å². The van der Waals surface area contributed by atoms with Gasteiger partial charge < -0.3 is 15.0 Å². The Labute approximate surface area is 164 Å². The van der Waals surface area contributed by atoms with Crippen molar-refractivity contribution >= 4 is 17.5 Å². The minimum absolute atomic E-state index is 0.0378. The van der Waals surface area contributed by atoms with Gasteiger partial charge in [0.2, 0.25) is 11.8 Å². The van der Waals surface area contributed by atoms with E-state index in [0.717, 1.165) is 5.75 Å². The predicted octanol–water partition coefficient (Wildman–Crippen LogP) is 3.20. The van der Waals surface area contributed by atoms with Crippen LogP contribution in [0.1, 0.15) is 24.8 Å². The van der Waals surface area contributed by atoms with E-state index in [2.05, 4.69) is 11.4 Å². The number of nitrogens with one attached hydrogen (secondary N) is 1. The zero-order chi connectivity index (χ0) is 19.8. The molecule has 0 spiro atoms. The summed E-state index contributed by atoms with van der Waals surface area (Å²) < 4.78 is 5.58. The Morgan fingerprint density at radius 1 is 1.07 bits per heavy atom. The number of ether oxygens (including phenoxy) is 1. The number of anilines is 1. The molecular formula is C22H23N3O3. The van der Waals surface area contributed by atoms with E-state index in [1.807, 2.05) is 30.3 Å². The Bertz CT molecular complexity index is 836. The van der Waals surface area contributed by atoms with Crippen LogP contribution in [0.4, 0.5) is 5.69 Å². The molecule has 1 N–H and O–H groups in total. The fourth-order valence-corrected chi connectivity index (χ4v) is 3.19. The van der Waals surface area contributed by atoms with Crippen molar-refractivity contribution in [1.82, 2.24) is 4.90 Å². The van der Waals surface area contributed by atoms with E-state index in [1.165, 1.54) is 0 Å². The third-order valence-corrected chi connectivity index (χ3v) is 4.83. The number of nitrogens with zero attached hydrogens (tertiary/aromatic N) is 2. The van der Waals surface area contributed by atoms with Crippen LogP contribution >= 0.6 is 0 Å². The molecule has 6 nitrogen and oxygen atoms in total. The molecule has 6 heteroatoms. The van der Waals surface area contributed by atoms with Gasteiger partial charge in [0.05, 0.1) is 24.7 Å². The molecule has 0 aliphatic carbocycles. The van der Waals surface area contributed by atoms with E-state index >= 15 is 0 Å². The lowest BCUT2D eigenvalue weighted by atomic mass is 9.95. The molecule has 0 bridgehead atoms. The Kier molecular flexibility index (Phi) is 6.64.